The van der Waals surface area contributed by atoms with Crippen LogP contribution >= 0.6 is 11.6 Å². The summed E-state index contributed by atoms with van der Waals surface area (Å²) < 4.78 is 33.8. The third-order valence-corrected chi connectivity index (χ3v) is 6.85. The molecule has 0 spiro atoms. The van der Waals surface area contributed by atoms with Crippen molar-refractivity contribution in [3.05, 3.63) is 70.4 Å². The van der Waals surface area contributed by atoms with E-state index in [-0.39, 0.29) is 29.0 Å². The van der Waals surface area contributed by atoms with E-state index in [9.17, 15) is 13.6 Å². The first-order valence-electron chi connectivity index (χ1n) is 11.3. The Bertz CT molecular complexity index is 1190. The van der Waals surface area contributed by atoms with Crippen molar-refractivity contribution in [2.45, 2.75) is 25.9 Å². The molecule has 1 aromatic heterocycles. The monoisotopic (exact) mass is 560 g/mol. The van der Waals surface area contributed by atoms with Gasteiger partial charge in [-0.1, -0.05) is 0 Å². The van der Waals surface area contributed by atoms with Gasteiger partial charge in [-0.2, -0.15) is 0 Å². The molecule has 0 atom stereocenters. The molecule has 0 unspecified atom stereocenters. The Morgan fingerprint density at radius 2 is 1.83 bits per heavy atom. The first-order valence-corrected chi connectivity index (χ1v) is 12.7. The van der Waals surface area contributed by atoms with Crippen molar-refractivity contribution in [1.29, 1.82) is 0 Å². The van der Waals surface area contributed by atoms with E-state index in [0.717, 1.165) is 43.8 Å². The molecule has 3 aromatic rings. The Kier molecular flexibility index (Phi) is 8.71. The average molecular weight is 561 g/mol. The zero-order valence-corrected chi connectivity index (χ0v) is 21.6. The predicted octanol–water partition coefficient (Wildman–Crippen LogP) is 3.66. The molecule has 10 heteroatoms. The van der Waals surface area contributed by atoms with Gasteiger partial charge < -0.3 is 4.90 Å². The molecule has 0 aliphatic carbocycles. The van der Waals surface area contributed by atoms with Gasteiger partial charge >= 0.3 is 180 Å². The molecule has 2 radical (unpaired) electrons. The van der Waals surface area contributed by atoms with E-state index >= 15 is 0 Å². The molecular formula is C25H24AsClF2N4O2. The molecule has 1 N–H and O–H groups in total. The van der Waals surface area contributed by atoms with E-state index in [0.29, 0.717) is 22.3 Å². The zero-order chi connectivity index (χ0) is 24.8. The van der Waals surface area contributed by atoms with Crippen molar-refractivity contribution in [3.8, 4) is 17.1 Å². The van der Waals surface area contributed by atoms with Crippen molar-refractivity contribution in [2.24, 2.45) is 0 Å². The van der Waals surface area contributed by atoms with Gasteiger partial charge in [0.25, 0.3) is 0 Å². The number of rotatable bonds is 9. The van der Waals surface area contributed by atoms with E-state index in [4.69, 9.17) is 16.3 Å². The van der Waals surface area contributed by atoms with Crippen LogP contribution < -0.4 is 14.5 Å². The van der Waals surface area contributed by atoms with Gasteiger partial charge in [0, 0.05) is 0 Å². The van der Waals surface area contributed by atoms with Crippen molar-refractivity contribution in [3.63, 3.8) is 0 Å². The minimum atomic E-state index is -0.727. The van der Waals surface area contributed by atoms with Crippen LogP contribution in [0.3, 0.4) is 0 Å². The molecule has 6 nitrogen and oxygen atoms in total. The summed E-state index contributed by atoms with van der Waals surface area (Å²) in [4.78, 5) is 23.6. The second kappa shape index (κ2) is 11.9. The summed E-state index contributed by atoms with van der Waals surface area (Å²) in [5.74, 6) is -1.36. The fraction of sp³-hybridized carbons (Fsp3) is 0.320. The number of amides is 1. The van der Waals surface area contributed by atoms with Crippen LogP contribution in [0.5, 0.6) is 5.88 Å². The van der Waals surface area contributed by atoms with Crippen molar-refractivity contribution >= 4 is 38.8 Å². The number of benzene rings is 2. The molecule has 0 bridgehead atoms. The summed E-state index contributed by atoms with van der Waals surface area (Å²) in [6, 6.07) is 8.97. The van der Waals surface area contributed by atoms with E-state index < -0.39 is 11.6 Å². The Labute approximate surface area is 216 Å². The SMILES string of the molecule is O=C(NCCCN1CCCC1)c1ccc(-c2cnc([As])c(OCc3c(F)ccc(F)c3Cl)n2)cc1. The van der Waals surface area contributed by atoms with Crippen LogP contribution in [0.25, 0.3) is 11.3 Å². The second-order valence-corrected chi connectivity index (χ2v) is 9.50. The number of hydrogen-bond acceptors (Lipinski definition) is 5. The molecule has 1 aliphatic heterocycles. The van der Waals surface area contributed by atoms with Crippen LogP contribution in [0.1, 0.15) is 35.2 Å². The van der Waals surface area contributed by atoms with Crippen LogP contribution in [0.15, 0.2) is 42.6 Å². The molecule has 2 aromatic carbocycles. The number of aromatic nitrogens is 2. The predicted molar refractivity (Wildman–Crippen MR) is 131 cm³/mol. The Morgan fingerprint density at radius 3 is 2.57 bits per heavy atom. The van der Waals surface area contributed by atoms with Gasteiger partial charge in [0.15, 0.2) is 0 Å². The summed E-state index contributed by atoms with van der Waals surface area (Å²) in [5.41, 5.74) is 1.70. The average Bonchev–Trinajstić information content (AvgIpc) is 3.39. The van der Waals surface area contributed by atoms with Crippen LogP contribution in [0.4, 0.5) is 8.78 Å². The molecule has 0 saturated carbocycles. The van der Waals surface area contributed by atoms with Gasteiger partial charge in [-0.05, 0) is 32.5 Å². The van der Waals surface area contributed by atoms with Gasteiger partial charge in [0.1, 0.15) is 0 Å². The van der Waals surface area contributed by atoms with Crippen LogP contribution in [-0.2, 0) is 6.61 Å². The van der Waals surface area contributed by atoms with Crippen molar-refractivity contribution in [1.82, 2.24) is 20.2 Å². The van der Waals surface area contributed by atoms with Gasteiger partial charge in [-0.3, -0.25) is 0 Å². The fourth-order valence-electron chi connectivity index (χ4n) is 3.85. The number of nitrogens with one attached hydrogen (secondary N) is 1. The number of ether oxygens (including phenoxy) is 1. The molecule has 1 amide bonds. The zero-order valence-electron chi connectivity index (χ0n) is 18.9. The van der Waals surface area contributed by atoms with Crippen LogP contribution in [0.2, 0.25) is 5.02 Å². The van der Waals surface area contributed by atoms with Crippen LogP contribution in [-0.4, -0.2) is 63.8 Å². The summed E-state index contributed by atoms with van der Waals surface area (Å²) in [5, 5.41) is 2.63. The Hall–Kier alpha value is -2.54. The van der Waals surface area contributed by atoms with Crippen molar-refractivity contribution in [2.75, 3.05) is 26.2 Å². The maximum absolute atomic E-state index is 14.0. The molecule has 182 valence electrons. The normalized spacial score (nSPS) is 13.7. The second-order valence-electron chi connectivity index (χ2n) is 8.23. The third kappa shape index (κ3) is 6.57. The van der Waals surface area contributed by atoms with Gasteiger partial charge in [-0.25, -0.2) is 0 Å². The van der Waals surface area contributed by atoms with E-state index in [1.807, 2.05) is 0 Å². The number of carbonyl (C=O) groups is 1. The number of nitrogens with zero attached hydrogens (tertiary/aromatic N) is 3. The number of hydrogen-bond donors (Lipinski definition) is 1. The molecule has 2 heterocycles. The Morgan fingerprint density at radius 1 is 1.11 bits per heavy atom. The fourth-order valence-corrected chi connectivity index (χ4v) is 4.42. The molecule has 1 fully saturated rings. The number of carbonyl (C=O) groups excluding carboxylic acids is 1. The van der Waals surface area contributed by atoms with Gasteiger partial charge in [0.05, 0.1) is 0 Å². The standard InChI is InChI=1S/C25H24AsClF2N4O2/c26-23-25(35-15-18-19(28)8-9-20(29)22(18)27)32-21(14-31-23)16-4-6-17(7-5-16)24(34)30-10-3-13-33-11-1-2-12-33/h4-9,14H,1-3,10-13,15H2,(H,30,34). The number of halogens is 3. The Balaban J connectivity index is 1.37. The molecular weight excluding hydrogens is 537 g/mol. The quantitative estimate of drug-likeness (QED) is 0.246. The molecule has 35 heavy (non-hydrogen) atoms. The topological polar surface area (TPSA) is 67.4 Å². The van der Waals surface area contributed by atoms with Gasteiger partial charge in [0.2, 0.25) is 0 Å². The minimum absolute atomic E-state index is 0.0958. The first-order chi connectivity index (χ1) is 16.9. The summed E-state index contributed by atoms with van der Waals surface area (Å²) in [7, 11) is 0. The maximum atomic E-state index is 14.0. The summed E-state index contributed by atoms with van der Waals surface area (Å²) in [6.45, 7) is 3.64. The molecule has 4 rings (SSSR count). The number of likely N-dealkylation sites (tertiary alicyclic amines) is 1. The first kappa shape index (κ1) is 25.5. The summed E-state index contributed by atoms with van der Waals surface area (Å²) >= 11 is 8.09. The van der Waals surface area contributed by atoms with E-state index in [1.165, 1.54) is 12.8 Å². The molecule has 1 saturated heterocycles. The third-order valence-electron chi connectivity index (χ3n) is 5.79. The van der Waals surface area contributed by atoms with E-state index in [2.05, 4.69) is 37.0 Å². The van der Waals surface area contributed by atoms with E-state index in [1.54, 1.807) is 30.5 Å². The van der Waals surface area contributed by atoms with Gasteiger partial charge in [-0.15, -0.1) is 0 Å². The molecule has 1 aliphatic rings. The van der Waals surface area contributed by atoms with Crippen molar-refractivity contribution < 1.29 is 18.3 Å². The summed E-state index contributed by atoms with van der Waals surface area (Å²) in [6.07, 6.45) is 5.02. The van der Waals surface area contributed by atoms with Crippen LogP contribution in [0, 0.1) is 11.6 Å².